The van der Waals surface area contributed by atoms with Gasteiger partial charge in [0, 0.05) is 17.5 Å². The van der Waals surface area contributed by atoms with Gasteiger partial charge in [-0.2, -0.15) is 0 Å². The molecule has 0 saturated carbocycles. The van der Waals surface area contributed by atoms with Gasteiger partial charge < -0.3 is 0 Å². The van der Waals surface area contributed by atoms with Crippen LogP contribution in [-0.2, 0) is 19.4 Å². The molecule has 0 radical (unpaired) electrons. The van der Waals surface area contributed by atoms with E-state index in [0.29, 0.717) is 0 Å². The minimum atomic E-state index is 1.18. The predicted octanol–water partition coefficient (Wildman–Crippen LogP) is 7.58. The van der Waals surface area contributed by atoms with Crippen molar-refractivity contribution in [3.8, 4) is 0 Å². The molecule has 0 bridgehead atoms. The van der Waals surface area contributed by atoms with Gasteiger partial charge in [0.2, 0.25) is 0 Å². The Hall–Kier alpha value is -0.850. The molecule has 0 aliphatic carbocycles. The fraction of sp³-hybridized carbons (Fsp3) is 0.800. The molecule has 1 aromatic heterocycles. The second-order valence-corrected chi connectivity index (χ2v) is 8.18. The molecule has 1 aromatic rings. The molecule has 0 aliphatic heterocycles. The Labute approximate surface area is 164 Å². The number of nitrogens with zero attached hydrogens (tertiary/aromatic N) is 1. The largest absolute Gasteiger partial charge is 0.205 e. The number of aryl methyl sites for hydroxylation is 3. The van der Waals surface area contributed by atoms with E-state index in [4.69, 9.17) is 0 Å². The summed E-state index contributed by atoms with van der Waals surface area (Å²) in [5, 5.41) is 0. The maximum atomic E-state index is 2.50. The smallest absolute Gasteiger partial charge is 0.171 e. The van der Waals surface area contributed by atoms with E-state index in [9.17, 15) is 0 Å². The van der Waals surface area contributed by atoms with Crippen molar-refractivity contribution >= 4 is 0 Å². The molecule has 0 aliphatic rings. The lowest BCUT2D eigenvalue weighted by atomic mass is 10.0. The molecular formula is C25H46N+. The van der Waals surface area contributed by atoms with Crippen LogP contribution in [0.5, 0.6) is 0 Å². The van der Waals surface area contributed by atoms with Crippen molar-refractivity contribution in [3.63, 3.8) is 0 Å². The summed E-state index contributed by atoms with van der Waals surface area (Å²) < 4.78 is 2.47. The Morgan fingerprint density at radius 1 is 0.538 bits per heavy atom. The third-order valence-electron chi connectivity index (χ3n) is 5.44. The van der Waals surface area contributed by atoms with Gasteiger partial charge in [0.1, 0.15) is 6.54 Å². The molecule has 0 aromatic carbocycles. The van der Waals surface area contributed by atoms with E-state index in [0.717, 1.165) is 0 Å². The minimum Gasteiger partial charge on any atom is -0.205 e. The molecule has 1 heteroatoms. The predicted molar refractivity (Wildman–Crippen MR) is 116 cm³/mol. The average Bonchev–Trinajstić information content (AvgIpc) is 2.65. The molecule has 0 saturated heterocycles. The Morgan fingerprint density at radius 2 is 0.962 bits per heavy atom. The van der Waals surface area contributed by atoms with Gasteiger partial charge in [-0.25, -0.2) is 4.57 Å². The third kappa shape index (κ3) is 11.7. The van der Waals surface area contributed by atoms with Crippen LogP contribution >= 0.6 is 0 Å². The third-order valence-corrected chi connectivity index (χ3v) is 5.44. The van der Waals surface area contributed by atoms with E-state index < -0.39 is 0 Å². The van der Waals surface area contributed by atoms with Gasteiger partial charge in [0.15, 0.2) is 12.4 Å². The highest BCUT2D eigenvalue weighted by molar-refractivity contribution is 5.15. The molecule has 0 fully saturated rings. The zero-order chi connectivity index (χ0) is 18.9. The van der Waals surface area contributed by atoms with Gasteiger partial charge in [0.25, 0.3) is 0 Å². The molecule has 0 atom stereocenters. The Morgan fingerprint density at radius 3 is 1.42 bits per heavy atom. The lowest BCUT2D eigenvalue weighted by Gasteiger charge is -2.07. The van der Waals surface area contributed by atoms with Crippen LogP contribution < -0.4 is 4.57 Å². The van der Waals surface area contributed by atoms with E-state index in [1.54, 1.807) is 11.1 Å². The van der Waals surface area contributed by atoms with Crippen LogP contribution in [0.3, 0.4) is 0 Å². The highest BCUT2D eigenvalue weighted by Gasteiger charge is 2.08. The van der Waals surface area contributed by atoms with Crippen molar-refractivity contribution in [1.82, 2.24) is 0 Å². The number of rotatable bonds is 17. The molecule has 0 amide bonds. The van der Waals surface area contributed by atoms with Gasteiger partial charge in [-0.05, 0) is 31.7 Å². The number of unbranched alkanes of at least 4 members (excludes halogenated alkanes) is 11. The van der Waals surface area contributed by atoms with Crippen LogP contribution in [0, 0.1) is 0 Å². The van der Waals surface area contributed by atoms with Gasteiger partial charge >= 0.3 is 0 Å². The summed E-state index contributed by atoms with van der Waals surface area (Å²) >= 11 is 0. The Bertz CT molecular complexity index is 404. The quantitative estimate of drug-likeness (QED) is 0.199. The van der Waals surface area contributed by atoms with E-state index in [-0.39, 0.29) is 0 Å². The summed E-state index contributed by atoms with van der Waals surface area (Å²) in [6.45, 7) is 8.07. The van der Waals surface area contributed by atoms with Gasteiger partial charge in [-0.15, -0.1) is 0 Å². The Balaban J connectivity index is 2.45. The highest BCUT2D eigenvalue weighted by Crippen LogP contribution is 2.13. The summed E-state index contributed by atoms with van der Waals surface area (Å²) in [5.41, 5.74) is 3.14. The van der Waals surface area contributed by atoms with Crippen LogP contribution in [0.2, 0.25) is 0 Å². The first kappa shape index (κ1) is 23.2. The van der Waals surface area contributed by atoms with Crippen molar-refractivity contribution in [2.75, 3.05) is 0 Å². The number of aromatic nitrogens is 1. The second kappa shape index (κ2) is 16.3. The molecule has 1 rings (SSSR count). The van der Waals surface area contributed by atoms with E-state index >= 15 is 0 Å². The van der Waals surface area contributed by atoms with Crippen molar-refractivity contribution < 1.29 is 4.57 Å². The van der Waals surface area contributed by atoms with Gasteiger partial charge in [-0.1, -0.05) is 91.4 Å². The lowest BCUT2D eigenvalue weighted by Crippen LogP contribution is -2.34. The standard InChI is InChI=1S/C25H46N/c1-4-7-10-12-14-16-18-24-21-25(19-17-15-13-11-8-5-2)23-26(22-24)20-9-6-3/h21-23H,4-20H2,1-3H3/q+1. The maximum absolute atomic E-state index is 2.50. The summed E-state index contributed by atoms with van der Waals surface area (Å²) in [6, 6.07) is 2.50. The lowest BCUT2D eigenvalue weighted by molar-refractivity contribution is -0.698. The zero-order valence-electron chi connectivity index (χ0n) is 18.2. The Kier molecular flexibility index (Phi) is 14.6. The molecule has 0 unspecified atom stereocenters. The SMILES string of the molecule is CCCCCCCCc1cc(CCCCCCCC)c[n+](CCCC)c1. The van der Waals surface area contributed by atoms with E-state index in [2.05, 4.69) is 43.8 Å². The molecule has 26 heavy (non-hydrogen) atoms. The minimum absolute atomic E-state index is 1.18. The highest BCUT2D eigenvalue weighted by atomic mass is 14.9. The van der Waals surface area contributed by atoms with Crippen molar-refractivity contribution in [2.24, 2.45) is 0 Å². The summed E-state index contributed by atoms with van der Waals surface area (Å²) in [7, 11) is 0. The molecule has 0 N–H and O–H groups in total. The first-order chi connectivity index (χ1) is 12.8. The first-order valence-electron chi connectivity index (χ1n) is 11.8. The van der Waals surface area contributed by atoms with Crippen LogP contribution in [0.25, 0.3) is 0 Å². The molecule has 1 heterocycles. The number of pyridine rings is 1. The van der Waals surface area contributed by atoms with Crippen LogP contribution in [0.15, 0.2) is 18.5 Å². The van der Waals surface area contributed by atoms with Crippen molar-refractivity contribution in [2.45, 2.75) is 130 Å². The maximum Gasteiger partial charge on any atom is 0.171 e. The van der Waals surface area contributed by atoms with E-state index in [1.807, 2.05) is 0 Å². The van der Waals surface area contributed by atoms with Crippen molar-refractivity contribution in [3.05, 3.63) is 29.6 Å². The second-order valence-electron chi connectivity index (χ2n) is 8.18. The van der Waals surface area contributed by atoms with Crippen LogP contribution in [0.1, 0.15) is 122 Å². The summed E-state index contributed by atoms with van der Waals surface area (Å²) in [6.07, 6.45) is 26.7. The molecule has 1 nitrogen and oxygen atoms in total. The first-order valence-corrected chi connectivity index (χ1v) is 11.8. The molecule has 0 spiro atoms. The normalized spacial score (nSPS) is 11.2. The number of hydrogen-bond donors (Lipinski definition) is 0. The average molecular weight is 361 g/mol. The van der Waals surface area contributed by atoms with Gasteiger partial charge in [0.05, 0.1) is 0 Å². The molecular weight excluding hydrogens is 314 g/mol. The van der Waals surface area contributed by atoms with E-state index in [1.165, 1.54) is 109 Å². The zero-order valence-corrected chi connectivity index (χ0v) is 18.2. The topological polar surface area (TPSA) is 3.88 Å². The fourth-order valence-electron chi connectivity index (χ4n) is 3.74. The van der Waals surface area contributed by atoms with Crippen molar-refractivity contribution in [1.29, 1.82) is 0 Å². The van der Waals surface area contributed by atoms with Gasteiger partial charge in [-0.3, -0.25) is 0 Å². The summed E-state index contributed by atoms with van der Waals surface area (Å²) in [5.74, 6) is 0. The fourth-order valence-corrected chi connectivity index (χ4v) is 3.74. The molecule has 150 valence electrons. The summed E-state index contributed by atoms with van der Waals surface area (Å²) in [4.78, 5) is 0. The van der Waals surface area contributed by atoms with Crippen LogP contribution in [0.4, 0.5) is 0 Å². The number of hydrogen-bond acceptors (Lipinski definition) is 0. The monoisotopic (exact) mass is 360 g/mol. The van der Waals surface area contributed by atoms with Crippen LogP contribution in [-0.4, -0.2) is 0 Å².